The van der Waals surface area contributed by atoms with Crippen LogP contribution >= 0.6 is 0 Å². The van der Waals surface area contributed by atoms with Crippen molar-refractivity contribution in [2.45, 2.75) is 19.2 Å². The van der Waals surface area contributed by atoms with Gasteiger partial charge >= 0.3 is 6.18 Å². The Balaban J connectivity index is 3.08. The lowest BCUT2D eigenvalue weighted by molar-refractivity contribution is -0.137. The van der Waals surface area contributed by atoms with E-state index in [1.807, 2.05) is 0 Å². The maximum absolute atomic E-state index is 12.5. The first-order chi connectivity index (χ1) is 6.91. The fourth-order valence-corrected chi connectivity index (χ4v) is 1.14. The van der Waals surface area contributed by atoms with Crippen molar-refractivity contribution in [1.29, 1.82) is 0 Å². The zero-order valence-electron chi connectivity index (χ0n) is 8.12. The monoisotopic (exact) mass is 216 g/mol. The number of hydrogen-bond acceptors (Lipinski definition) is 1. The van der Waals surface area contributed by atoms with Gasteiger partial charge in [-0.3, -0.25) is 0 Å². The van der Waals surface area contributed by atoms with Gasteiger partial charge in [0.15, 0.2) is 0 Å². The lowest BCUT2D eigenvalue weighted by Crippen LogP contribution is -2.07. The first-order valence-electron chi connectivity index (χ1n) is 4.44. The smallest absolute Gasteiger partial charge is 0.389 e. The fraction of sp³-hybridized carbons (Fsp3) is 0.273. The summed E-state index contributed by atoms with van der Waals surface area (Å²) in [6, 6.07) is 5.24. The van der Waals surface area contributed by atoms with E-state index in [4.69, 9.17) is 5.11 Å². The first kappa shape index (κ1) is 11.8. The van der Waals surface area contributed by atoms with Crippen LogP contribution in [0.15, 0.2) is 30.3 Å². The third-order valence-electron chi connectivity index (χ3n) is 1.82. The van der Waals surface area contributed by atoms with Crippen LogP contribution < -0.4 is 0 Å². The molecular weight excluding hydrogens is 205 g/mol. The van der Waals surface area contributed by atoms with Crippen molar-refractivity contribution in [3.63, 3.8) is 0 Å². The molecule has 0 heterocycles. The van der Waals surface area contributed by atoms with Gasteiger partial charge < -0.3 is 5.11 Å². The molecule has 1 nitrogen and oxygen atoms in total. The minimum absolute atomic E-state index is 0.0610. The highest BCUT2D eigenvalue weighted by atomic mass is 19.4. The lowest BCUT2D eigenvalue weighted by Gasteiger charge is -2.09. The predicted molar refractivity (Wildman–Crippen MR) is 52.2 cm³/mol. The molecule has 82 valence electrons. The SMILES string of the molecule is CC(O)/C=C/c1ccccc1C(F)(F)F. The van der Waals surface area contributed by atoms with Gasteiger partial charge in [-0.1, -0.05) is 30.4 Å². The normalized spacial score (nSPS) is 14.5. The Bertz CT molecular complexity index is 353. The van der Waals surface area contributed by atoms with E-state index >= 15 is 0 Å². The Morgan fingerprint density at radius 3 is 2.40 bits per heavy atom. The Kier molecular flexibility index (Phi) is 3.52. The summed E-state index contributed by atoms with van der Waals surface area (Å²) in [7, 11) is 0. The number of aliphatic hydroxyl groups excluding tert-OH is 1. The molecule has 1 N–H and O–H groups in total. The average Bonchev–Trinajstić information content (AvgIpc) is 2.13. The maximum atomic E-state index is 12.5. The number of rotatable bonds is 2. The van der Waals surface area contributed by atoms with Gasteiger partial charge in [0.2, 0.25) is 0 Å². The highest BCUT2D eigenvalue weighted by Crippen LogP contribution is 2.32. The van der Waals surface area contributed by atoms with E-state index in [0.717, 1.165) is 6.07 Å². The summed E-state index contributed by atoms with van der Waals surface area (Å²) in [5.74, 6) is 0. The molecule has 0 aliphatic carbocycles. The number of halogens is 3. The first-order valence-corrected chi connectivity index (χ1v) is 4.44. The number of hydrogen-bond donors (Lipinski definition) is 1. The molecule has 0 aliphatic heterocycles. The molecule has 0 bridgehead atoms. The Morgan fingerprint density at radius 1 is 1.27 bits per heavy atom. The van der Waals surface area contributed by atoms with Crippen LogP contribution in [0.4, 0.5) is 13.2 Å². The Hall–Kier alpha value is -1.29. The molecule has 4 heteroatoms. The highest BCUT2D eigenvalue weighted by Gasteiger charge is 2.32. The molecule has 15 heavy (non-hydrogen) atoms. The lowest BCUT2D eigenvalue weighted by atomic mass is 10.1. The average molecular weight is 216 g/mol. The van der Waals surface area contributed by atoms with Crippen molar-refractivity contribution in [3.05, 3.63) is 41.5 Å². The van der Waals surface area contributed by atoms with Crippen molar-refractivity contribution in [1.82, 2.24) is 0 Å². The van der Waals surface area contributed by atoms with Crippen LogP contribution in [0.3, 0.4) is 0 Å². The molecule has 0 spiro atoms. The van der Waals surface area contributed by atoms with E-state index in [1.54, 1.807) is 0 Å². The number of alkyl halides is 3. The van der Waals surface area contributed by atoms with E-state index in [0.29, 0.717) is 0 Å². The second-order valence-electron chi connectivity index (χ2n) is 3.18. The Morgan fingerprint density at radius 2 is 1.87 bits per heavy atom. The third kappa shape index (κ3) is 3.40. The van der Waals surface area contributed by atoms with E-state index < -0.39 is 17.8 Å². The topological polar surface area (TPSA) is 20.2 Å². The molecular formula is C11H11F3O. The van der Waals surface area contributed by atoms with E-state index in [-0.39, 0.29) is 5.56 Å². The van der Waals surface area contributed by atoms with Crippen LogP contribution in [0.1, 0.15) is 18.1 Å². The van der Waals surface area contributed by atoms with Gasteiger partial charge in [0.25, 0.3) is 0 Å². The number of aliphatic hydroxyl groups is 1. The van der Waals surface area contributed by atoms with E-state index in [9.17, 15) is 13.2 Å². The summed E-state index contributed by atoms with van der Waals surface area (Å²) in [5, 5.41) is 8.94. The van der Waals surface area contributed by atoms with Gasteiger partial charge in [-0.25, -0.2) is 0 Å². The van der Waals surface area contributed by atoms with Crippen LogP contribution in [0.25, 0.3) is 6.08 Å². The van der Waals surface area contributed by atoms with Crippen LogP contribution in [-0.4, -0.2) is 11.2 Å². The molecule has 1 rings (SSSR count). The largest absolute Gasteiger partial charge is 0.416 e. The van der Waals surface area contributed by atoms with Gasteiger partial charge in [-0.15, -0.1) is 0 Å². The summed E-state index contributed by atoms with van der Waals surface area (Å²) in [6.45, 7) is 1.48. The fourth-order valence-electron chi connectivity index (χ4n) is 1.14. The van der Waals surface area contributed by atoms with Crippen LogP contribution in [0, 0.1) is 0 Å². The molecule has 0 saturated heterocycles. The van der Waals surface area contributed by atoms with Crippen molar-refractivity contribution < 1.29 is 18.3 Å². The quantitative estimate of drug-likeness (QED) is 0.805. The molecule has 1 atom stereocenters. The van der Waals surface area contributed by atoms with Gasteiger partial charge in [-0.05, 0) is 18.6 Å². The molecule has 1 unspecified atom stereocenters. The molecule has 1 aromatic rings. The minimum Gasteiger partial charge on any atom is -0.389 e. The second-order valence-corrected chi connectivity index (χ2v) is 3.18. The third-order valence-corrected chi connectivity index (χ3v) is 1.82. The summed E-state index contributed by atoms with van der Waals surface area (Å²) in [4.78, 5) is 0. The molecule has 0 radical (unpaired) electrons. The van der Waals surface area contributed by atoms with Crippen molar-refractivity contribution in [2.24, 2.45) is 0 Å². The van der Waals surface area contributed by atoms with Gasteiger partial charge in [0.1, 0.15) is 0 Å². The van der Waals surface area contributed by atoms with Crippen LogP contribution in [0.5, 0.6) is 0 Å². The predicted octanol–water partition coefficient (Wildman–Crippen LogP) is 3.10. The molecule has 0 amide bonds. The van der Waals surface area contributed by atoms with Gasteiger partial charge in [-0.2, -0.15) is 13.2 Å². The van der Waals surface area contributed by atoms with Gasteiger partial charge in [0, 0.05) is 0 Å². The summed E-state index contributed by atoms with van der Waals surface area (Å²) >= 11 is 0. The number of benzene rings is 1. The second kappa shape index (κ2) is 4.49. The van der Waals surface area contributed by atoms with Crippen molar-refractivity contribution in [2.75, 3.05) is 0 Å². The summed E-state index contributed by atoms with van der Waals surface area (Å²) in [6.07, 6.45) is -2.54. The van der Waals surface area contributed by atoms with Crippen molar-refractivity contribution >= 4 is 6.08 Å². The molecule has 0 aromatic heterocycles. The van der Waals surface area contributed by atoms with Gasteiger partial charge in [0.05, 0.1) is 11.7 Å². The standard InChI is InChI=1S/C11H11F3O/c1-8(15)6-7-9-4-2-3-5-10(9)11(12,13)14/h2-8,15H,1H3/b7-6+. The van der Waals surface area contributed by atoms with Crippen molar-refractivity contribution in [3.8, 4) is 0 Å². The molecule has 0 aliphatic rings. The Labute approximate surface area is 85.9 Å². The summed E-state index contributed by atoms with van der Waals surface area (Å²) < 4.78 is 37.4. The van der Waals surface area contributed by atoms with Crippen LogP contribution in [0.2, 0.25) is 0 Å². The molecule has 0 saturated carbocycles. The van der Waals surface area contributed by atoms with E-state index in [1.165, 1.54) is 37.3 Å². The molecule has 1 aromatic carbocycles. The highest BCUT2D eigenvalue weighted by molar-refractivity contribution is 5.54. The summed E-state index contributed by atoms with van der Waals surface area (Å²) in [5.41, 5.74) is -0.632. The zero-order chi connectivity index (χ0) is 11.5. The minimum atomic E-state index is -4.36. The van der Waals surface area contributed by atoms with Crippen LogP contribution in [-0.2, 0) is 6.18 Å². The molecule has 0 fully saturated rings. The van der Waals surface area contributed by atoms with E-state index in [2.05, 4.69) is 0 Å². The maximum Gasteiger partial charge on any atom is 0.416 e. The zero-order valence-corrected chi connectivity index (χ0v) is 8.12.